The topological polar surface area (TPSA) is 42.0 Å². The van der Waals surface area contributed by atoms with E-state index in [1.165, 1.54) is 12.0 Å². The molecule has 28 heavy (non-hydrogen) atoms. The van der Waals surface area contributed by atoms with Gasteiger partial charge in [0.15, 0.2) is 29.0 Å². The Kier molecular flexibility index (Phi) is 5.79. The molecule has 1 amide bonds. The van der Waals surface area contributed by atoms with Gasteiger partial charge >= 0.3 is 0 Å². The number of carbonyl (C=O) groups excluding carboxylic acids is 1. The van der Waals surface area contributed by atoms with Crippen LogP contribution in [0.1, 0.15) is 22.0 Å². The number of piperazine rings is 1. The zero-order valence-corrected chi connectivity index (χ0v) is 15.8. The lowest BCUT2D eigenvalue weighted by molar-refractivity contribution is 0.0540. The monoisotopic (exact) mass is 394 g/mol. The van der Waals surface area contributed by atoms with E-state index in [0.29, 0.717) is 24.6 Å². The molecule has 1 unspecified atom stereocenters. The number of nitrogens with zero attached hydrogens (tertiary/aromatic N) is 2. The molecule has 1 aliphatic heterocycles. The molecule has 0 spiro atoms. The van der Waals surface area contributed by atoms with E-state index in [-0.39, 0.29) is 12.6 Å². The lowest BCUT2D eigenvalue weighted by Crippen LogP contribution is -2.49. The minimum absolute atomic E-state index is 0.175. The fraction of sp³-hybridized carbons (Fsp3) is 0.350. The van der Waals surface area contributed by atoms with Crippen molar-refractivity contribution in [3.8, 4) is 11.5 Å². The molecular weight excluding hydrogens is 373 g/mol. The zero-order chi connectivity index (χ0) is 20.4. The van der Waals surface area contributed by atoms with Gasteiger partial charge in [-0.3, -0.25) is 9.69 Å². The highest BCUT2D eigenvalue weighted by molar-refractivity contribution is 5.94. The summed E-state index contributed by atoms with van der Waals surface area (Å²) in [5, 5.41) is 0. The van der Waals surface area contributed by atoms with Crippen LogP contribution in [-0.4, -0.2) is 56.6 Å². The molecule has 0 radical (unpaired) electrons. The van der Waals surface area contributed by atoms with Crippen molar-refractivity contribution >= 4 is 5.91 Å². The van der Waals surface area contributed by atoms with Gasteiger partial charge in [0.2, 0.25) is 0 Å². The first-order valence-electron chi connectivity index (χ1n) is 8.72. The highest BCUT2D eigenvalue weighted by atomic mass is 19.2. The normalized spacial score (nSPS) is 17.5. The van der Waals surface area contributed by atoms with Gasteiger partial charge in [-0.25, -0.2) is 13.2 Å². The molecule has 1 atom stereocenters. The van der Waals surface area contributed by atoms with Crippen LogP contribution in [0.25, 0.3) is 0 Å². The summed E-state index contributed by atoms with van der Waals surface area (Å²) in [6.45, 7) is 1.15. The number of halogens is 3. The van der Waals surface area contributed by atoms with Crippen molar-refractivity contribution in [1.29, 1.82) is 0 Å². The van der Waals surface area contributed by atoms with Gasteiger partial charge < -0.3 is 14.4 Å². The minimum Gasteiger partial charge on any atom is -0.493 e. The lowest BCUT2D eigenvalue weighted by atomic mass is 10.0. The number of carbonyl (C=O) groups is 1. The third-order valence-electron chi connectivity index (χ3n) is 4.99. The van der Waals surface area contributed by atoms with Crippen LogP contribution in [0.3, 0.4) is 0 Å². The van der Waals surface area contributed by atoms with Crippen LogP contribution in [0.4, 0.5) is 13.2 Å². The Balaban J connectivity index is 1.87. The van der Waals surface area contributed by atoms with Crippen LogP contribution < -0.4 is 9.47 Å². The lowest BCUT2D eigenvalue weighted by Gasteiger charge is -2.40. The molecule has 1 aliphatic rings. The van der Waals surface area contributed by atoms with Crippen molar-refractivity contribution in [2.24, 2.45) is 0 Å². The molecule has 1 saturated heterocycles. The molecule has 150 valence electrons. The third-order valence-corrected chi connectivity index (χ3v) is 4.99. The standard InChI is InChI=1S/C20H21F3N2O3/c1-24-8-9-25(20(26)13-5-6-14(21)19(23)18(13)22)11-15(24)12-4-7-16(27-2)17(10-12)28-3/h4-7,10,15H,8-9,11H2,1-3H3. The number of hydrogen-bond donors (Lipinski definition) is 0. The molecule has 2 aromatic rings. The second kappa shape index (κ2) is 8.10. The SMILES string of the molecule is COc1ccc(C2CN(C(=O)c3ccc(F)c(F)c3F)CCN2C)cc1OC. The third kappa shape index (κ3) is 3.64. The maximum atomic E-state index is 14.0. The maximum Gasteiger partial charge on any atom is 0.257 e. The summed E-state index contributed by atoms with van der Waals surface area (Å²) >= 11 is 0. The minimum atomic E-state index is -1.64. The Hall–Kier alpha value is -2.74. The molecule has 0 aromatic heterocycles. The summed E-state index contributed by atoms with van der Waals surface area (Å²) in [6, 6.07) is 7.03. The maximum absolute atomic E-state index is 14.0. The van der Waals surface area contributed by atoms with E-state index in [1.54, 1.807) is 13.2 Å². The molecule has 8 heteroatoms. The predicted octanol–water partition coefficient (Wildman–Crippen LogP) is 3.25. The molecule has 0 N–H and O–H groups in total. The molecular formula is C20H21F3N2O3. The van der Waals surface area contributed by atoms with E-state index >= 15 is 0 Å². The Morgan fingerprint density at radius 3 is 2.39 bits per heavy atom. The Morgan fingerprint density at radius 2 is 1.71 bits per heavy atom. The number of methoxy groups -OCH3 is 2. The van der Waals surface area contributed by atoms with Gasteiger partial charge in [-0.15, -0.1) is 0 Å². The predicted molar refractivity (Wildman–Crippen MR) is 97.1 cm³/mol. The van der Waals surface area contributed by atoms with Crippen molar-refractivity contribution in [3.63, 3.8) is 0 Å². The number of rotatable bonds is 4. The van der Waals surface area contributed by atoms with Gasteiger partial charge in [0.25, 0.3) is 5.91 Å². The van der Waals surface area contributed by atoms with E-state index in [2.05, 4.69) is 4.90 Å². The van der Waals surface area contributed by atoms with Gasteiger partial charge in [-0.1, -0.05) is 6.07 Å². The van der Waals surface area contributed by atoms with E-state index in [9.17, 15) is 18.0 Å². The van der Waals surface area contributed by atoms with Gasteiger partial charge in [0.05, 0.1) is 25.8 Å². The Morgan fingerprint density at radius 1 is 1.00 bits per heavy atom. The van der Waals surface area contributed by atoms with Gasteiger partial charge in [-0.05, 0) is 36.9 Å². The van der Waals surface area contributed by atoms with Crippen LogP contribution in [-0.2, 0) is 0 Å². The molecule has 0 saturated carbocycles. The largest absolute Gasteiger partial charge is 0.493 e. The first-order valence-corrected chi connectivity index (χ1v) is 8.72. The zero-order valence-electron chi connectivity index (χ0n) is 15.8. The highest BCUT2D eigenvalue weighted by Crippen LogP contribution is 2.33. The number of benzene rings is 2. The first-order chi connectivity index (χ1) is 13.4. The van der Waals surface area contributed by atoms with E-state index < -0.39 is 28.9 Å². The molecule has 3 rings (SSSR count). The summed E-state index contributed by atoms with van der Waals surface area (Å²) in [5.74, 6) is -3.96. The molecule has 0 aliphatic carbocycles. The van der Waals surface area contributed by atoms with Gasteiger partial charge in [0, 0.05) is 19.6 Å². The van der Waals surface area contributed by atoms with Gasteiger partial charge in [0.1, 0.15) is 0 Å². The molecule has 0 bridgehead atoms. The number of hydrogen-bond acceptors (Lipinski definition) is 4. The summed E-state index contributed by atoms with van der Waals surface area (Å²) in [4.78, 5) is 16.2. The van der Waals surface area contributed by atoms with Crippen molar-refractivity contribution < 1.29 is 27.4 Å². The van der Waals surface area contributed by atoms with Crippen LogP contribution in [0, 0.1) is 17.5 Å². The number of ether oxygens (including phenoxy) is 2. The van der Waals surface area contributed by atoms with Gasteiger partial charge in [-0.2, -0.15) is 0 Å². The Labute approximate surface area is 161 Å². The molecule has 1 heterocycles. The molecule has 5 nitrogen and oxygen atoms in total. The van der Waals surface area contributed by atoms with Crippen molar-refractivity contribution in [2.75, 3.05) is 40.9 Å². The second-order valence-corrected chi connectivity index (χ2v) is 6.58. The molecule has 2 aromatic carbocycles. The summed E-state index contributed by atoms with van der Waals surface area (Å²) in [6.07, 6.45) is 0. The van der Waals surface area contributed by atoms with E-state index in [0.717, 1.165) is 17.7 Å². The van der Waals surface area contributed by atoms with Crippen LogP contribution in [0.15, 0.2) is 30.3 Å². The average molecular weight is 394 g/mol. The van der Waals surface area contributed by atoms with Crippen LogP contribution in [0.5, 0.6) is 11.5 Å². The summed E-state index contributed by atoms with van der Waals surface area (Å²) < 4.78 is 51.3. The Bertz CT molecular complexity index is 891. The number of likely N-dealkylation sites (N-methyl/N-ethyl adjacent to an activating group) is 1. The number of amides is 1. The second-order valence-electron chi connectivity index (χ2n) is 6.58. The van der Waals surface area contributed by atoms with Crippen molar-refractivity contribution in [2.45, 2.75) is 6.04 Å². The summed E-state index contributed by atoms with van der Waals surface area (Å²) in [7, 11) is 5.00. The van der Waals surface area contributed by atoms with Crippen LogP contribution in [0.2, 0.25) is 0 Å². The quantitative estimate of drug-likeness (QED) is 0.747. The van der Waals surface area contributed by atoms with Crippen molar-refractivity contribution in [3.05, 3.63) is 58.9 Å². The summed E-state index contributed by atoms with van der Waals surface area (Å²) in [5.41, 5.74) is 0.415. The average Bonchev–Trinajstić information content (AvgIpc) is 2.71. The highest BCUT2D eigenvalue weighted by Gasteiger charge is 2.31. The smallest absolute Gasteiger partial charge is 0.257 e. The van der Waals surface area contributed by atoms with Crippen molar-refractivity contribution in [1.82, 2.24) is 9.80 Å². The van der Waals surface area contributed by atoms with E-state index in [4.69, 9.17) is 9.47 Å². The first kappa shape index (κ1) is 20.0. The fourth-order valence-electron chi connectivity index (χ4n) is 3.34. The van der Waals surface area contributed by atoms with Crippen LogP contribution >= 0.6 is 0 Å². The van der Waals surface area contributed by atoms with E-state index in [1.807, 2.05) is 19.2 Å². The fourth-order valence-corrected chi connectivity index (χ4v) is 3.34. The molecule has 1 fully saturated rings.